The topological polar surface area (TPSA) is 43.8 Å². The summed E-state index contributed by atoms with van der Waals surface area (Å²) in [6.45, 7) is 4.87. The van der Waals surface area contributed by atoms with Crippen molar-refractivity contribution in [1.82, 2.24) is 9.78 Å². The number of aromatic nitrogens is 2. The van der Waals surface area contributed by atoms with Gasteiger partial charge in [0.25, 0.3) is 0 Å². The molecular formula is C17H22ClN3. The first-order chi connectivity index (χ1) is 10.1. The van der Waals surface area contributed by atoms with Gasteiger partial charge in [-0.15, -0.1) is 0 Å². The molecule has 0 aliphatic heterocycles. The van der Waals surface area contributed by atoms with Gasteiger partial charge >= 0.3 is 0 Å². The van der Waals surface area contributed by atoms with Crippen molar-refractivity contribution in [3.05, 3.63) is 51.8 Å². The van der Waals surface area contributed by atoms with Gasteiger partial charge in [-0.3, -0.25) is 4.68 Å². The third kappa shape index (κ3) is 2.60. The van der Waals surface area contributed by atoms with Crippen LogP contribution in [0.15, 0.2) is 24.3 Å². The zero-order valence-electron chi connectivity index (χ0n) is 12.6. The molecule has 0 saturated carbocycles. The second-order valence-corrected chi connectivity index (χ2v) is 6.25. The highest BCUT2D eigenvalue weighted by Crippen LogP contribution is 2.36. The van der Waals surface area contributed by atoms with Crippen molar-refractivity contribution in [3.63, 3.8) is 0 Å². The molecule has 1 aliphatic carbocycles. The van der Waals surface area contributed by atoms with Crippen LogP contribution >= 0.6 is 11.6 Å². The second kappa shape index (κ2) is 5.82. The molecule has 3 rings (SSSR count). The predicted octanol–water partition coefficient (Wildman–Crippen LogP) is 3.46. The van der Waals surface area contributed by atoms with Gasteiger partial charge in [-0.05, 0) is 43.7 Å². The van der Waals surface area contributed by atoms with E-state index in [4.69, 9.17) is 17.3 Å². The fourth-order valence-corrected chi connectivity index (χ4v) is 3.68. The maximum atomic E-state index is 6.53. The van der Waals surface area contributed by atoms with Gasteiger partial charge < -0.3 is 5.73 Å². The van der Waals surface area contributed by atoms with Crippen LogP contribution in [-0.4, -0.2) is 15.8 Å². The van der Waals surface area contributed by atoms with Gasteiger partial charge in [0.05, 0.1) is 16.4 Å². The van der Waals surface area contributed by atoms with E-state index in [1.807, 2.05) is 11.6 Å². The van der Waals surface area contributed by atoms with Crippen molar-refractivity contribution in [1.29, 1.82) is 0 Å². The van der Waals surface area contributed by atoms with Gasteiger partial charge in [-0.2, -0.15) is 5.10 Å². The number of benzene rings is 1. The van der Waals surface area contributed by atoms with Crippen molar-refractivity contribution in [2.75, 3.05) is 0 Å². The Kier molecular flexibility index (Phi) is 4.05. The van der Waals surface area contributed by atoms with Gasteiger partial charge in [0, 0.05) is 19.0 Å². The molecule has 2 N–H and O–H groups in total. The number of halogens is 1. The van der Waals surface area contributed by atoms with Crippen LogP contribution in [0.5, 0.6) is 0 Å². The Morgan fingerprint density at radius 1 is 1.43 bits per heavy atom. The maximum absolute atomic E-state index is 6.53. The molecule has 2 aromatic rings. The van der Waals surface area contributed by atoms with Gasteiger partial charge in [0.1, 0.15) is 0 Å². The monoisotopic (exact) mass is 303 g/mol. The summed E-state index contributed by atoms with van der Waals surface area (Å²) in [5, 5.41) is 5.26. The lowest BCUT2D eigenvalue weighted by atomic mass is 9.91. The van der Waals surface area contributed by atoms with E-state index in [2.05, 4.69) is 36.3 Å². The molecule has 0 saturated heterocycles. The number of nitrogens with zero attached hydrogens (tertiary/aromatic N) is 2. The molecule has 3 nitrogen and oxygen atoms in total. The third-order valence-electron chi connectivity index (χ3n) is 4.58. The number of nitrogens with two attached hydrogens (primary N) is 1. The van der Waals surface area contributed by atoms with Crippen molar-refractivity contribution < 1.29 is 0 Å². The average Bonchev–Trinajstić information content (AvgIpc) is 3.03. The zero-order chi connectivity index (χ0) is 15.0. The first-order valence-corrected chi connectivity index (χ1v) is 8.04. The smallest absolute Gasteiger partial charge is 0.0847 e. The van der Waals surface area contributed by atoms with Crippen LogP contribution in [0.1, 0.15) is 41.8 Å². The van der Waals surface area contributed by atoms with Crippen LogP contribution in [0.2, 0.25) is 5.02 Å². The number of rotatable bonds is 4. The molecule has 4 heteroatoms. The highest BCUT2D eigenvalue weighted by atomic mass is 35.5. The van der Waals surface area contributed by atoms with Crippen LogP contribution in [0.25, 0.3) is 0 Å². The molecule has 0 fully saturated rings. The summed E-state index contributed by atoms with van der Waals surface area (Å²) in [4.78, 5) is 0. The minimum atomic E-state index is 0.0903. The minimum Gasteiger partial charge on any atom is -0.327 e. The number of fused-ring (bicyclic) bond motifs is 1. The molecule has 2 unspecified atom stereocenters. The number of hydrogen-bond donors (Lipinski definition) is 1. The highest BCUT2D eigenvalue weighted by molar-refractivity contribution is 6.31. The Balaban J connectivity index is 1.83. The highest BCUT2D eigenvalue weighted by Gasteiger charge is 2.29. The molecule has 0 amide bonds. The minimum absolute atomic E-state index is 0.0903. The molecule has 0 bridgehead atoms. The third-order valence-corrected chi connectivity index (χ3v) is 5.07. The molecule has 1 heterocycles. The Morgan fingerprint density at radius 2 is 2.19 bits per heavy atom. The maximum Gasteiger partial charge on any atom is 0.0847 e. The number of aryl methyl sites for hydroxylation is 3. The summed E-state index contributed by atoms with van der Waals surface area (Å²) in [5.74, 6) is 0.428. The van der Waals surface area contributed by atoms with Crippen LogP contribution in [0.4, 0.5) is 0 Å². The van der Waals surface area contributed by atoms with E-state index in [1.54, 1.807) is 0 Å². The summed E-state index contributed by atoms with van der Waals surface area (Å²) >= 11 is 6.40. The van der Waals surface area contributed by atoms with Crippen LogP contribution < -0.4 is 5.73 Å². The van der Waals surface area contributed by atoms with E-state index in [0.717, 1.165) is 42.2 Å². The van der Waals surface area contributed by atoms with Crippen LogP contribution in [-0.2, 0) is 19.4 Å². The van der Waals surface area contributed by atoms with E-state index in [9.17, 15) is 0 Å². The molecule has 1 aromatic heterocycles. The van der Waals surface area contributed by atoms with E-state index < -0.39 is 0 Å². The first kappa shape index (κ1) is 14.6. The first-order valence-electron chi connectivity index (χ1n) is 7.67. The molecule has 0 radical (unpaired) electrons. The van der Waals surface area contributed by atoms with Crippen molar-refractivity contribution in [2.45, 2.75) is 51.6 Å². The van der Waals surface area contributed by atoms with Crippen LogP contribution in [0, 0.1) is 6.92 Å². The molecule has 2 atom stereocenters. The van der Waals surface area contributed by atoms with E-state index in [0.29, 0.717) is 5.92 Å². The fraction of sp³-hybridized carbons (Fsp3) is 0.471. The zero-order valence-corrected chi connectivity index (χ0v) is 13.4. The molecule has 1 aliphatic rings. The lowest BCUT2D eigenvalue weighted by Crippen LogP contribution is -2.30. The second-order valence-electron chi connectivity index (χ2n) is 5.87. The number of hydrogen-bond acceptors (Lipinski definition) is 2. The van der Waals surface area contributed by atoms with Crippen molar-refractivity contribution in [2.24, 2.45) is 5.73 Å². The van der Waals surface area contributed by atoms with Gasteiger partial charge in [0.15, 0.2) is 0 Å². The lowest BCUT2D eigenvalue weighted by molar-refractivity contribution is 0.500. The van der Waals surface area contributed by atoms with E-state index in [-0.39, 0.29) is 6.04 Å². The van der Waals surface area contributed by atoms with E-state index >= 15 is 0 Å². The van der Waals surface area contributed by atoms with Gasteiger partial charge in [-0.1, -0.05) is 35.9 Å². The molecule has 21 heavy (non-hydrogen) atoms. The Labute approximate surface area is 131 Å². The molecule has 1 aromatic carbocycles. The summed E-state index contributed by atoms with van der Waals surface area (Å²) < 4.78 is 1.98. The van der Waals surface area contributed by atoms with Gasteiger partial charge in [-0.25, -0.2) is 0 Å². The Bertz CT molecular complexity index is 647. The largest absolute Gasteiger partial charge is 0.327 e. The van der Waals surface area contributed by atoms with E-state index in [1.165, 1.54) is 11.1 Å². The SMILES string of the molecule is CCn1nc(C)c(Cl)c1CC(N)C1CCc2ccccc21. The Morgan fingerprint density at radius 3 is 2.95 bits per heavy atom. The normalized spacial score (nSPS) is 18.8. The quantitative estimate of drug-likeness (QED) is 0.940. The standard InChI is InChI=1S/C17H22ClN3/c1-3-21-16(17(18)11(2)20-21)10-15(19)14-9-8-12-6-4-5-7-13(12)14/h4-7,14-15H,3,8-10,19H2,1-2H3. The predicted molar refractivity (Wildman–Crippen MR) is 86.8 cm³/mol. The molecular weight excluding hydrogens is 282 g/mol. The fourth-order valence-electron chi connectivity index (χ4n) is 3.46. The summed E-state index contributed by atoms with van der Waals surface area (Å²) in [6, 6.07) is 8.75. The van der Waals surface area contributed by atoms with Crippen molar-refractivity contribution in [3.8, 4) is 0 Å². The average molecular weight is 304 g/mol. The summed E-state index contributed by atoms with van der Waals surface area (Å²) in [5.41, 5.74) is 11.4. The lowest BCUT2D eigenvalue weighted by Gasteiger charge is -2.21. The Hall–Kier alpha value is -1.32. The van der Waals surface area contributed by atoms with Crippen LogP contribution in [0.3, 0.4) is 0 Å². The summed E-state index contributed by atoms with van der Waals surface area (Å²) in [7, 11) is 0. The summed E-state index contributed by atoms with van der Waals surface area (Å²) in [6.07, 6.45) is 3.05. The van der Waals surface area contributed by atoms with Crippen molar-refractivity contribution >= 4 is 11.6 Å². The van der Waals surface area contributed by atoms with Gasteiger partial charge in [0.2, 0.25) is 0 Å². The molecule has 112 valence electrons. The molecule has 0 spiro atoms.